The zero-order chi connectivity index (χ0) is 11.6. The van der Waals surface area contributed by atoms with E-state index in [9.17, 15) is 8.42 Å². The van der Waals surface area contributed by atoms with E-state index in [1.165, 1.54) is 14.2 Å². The fraction of sp³-hybridized carbons (Fsp3) is 0.444. The lowest BCUT2D eigenvalue weighted by molar-refractivity contribution is 0.398. The van der Waals surface area contributed by atoms with Crippen molar-refractivity contribution >= 4 is 15.8 Å². The Bertz CT molecular complexity index is 456. The van der Waals surface area contributed by atoms with Crippen molar-refractivity contribution in [3.8, 4) is 5.88 Å². The molecule has 0 aliphatic rings. The molecule has 6 heteroatoms. The van der Waals surface area contributed by atoms with Gasteiger partial charge in [0.15, 0.2) is 0 Å². The first-order chi connectivity index (χ1) is 6.86. The molecule has 1 rings (SSSR count). The van der Waals surface area contributed by atoms with E-state index in [1.54, 1.807) is 19.1 Å². The van der Waals surface area contributed by atoms with Crippen LogP contribution in [-0.2, 0) is 10.0 Å². The Balaban J connectivity index is 3.24. The molecule has 0 spiro atoms. The van der Waals surface area contributed by atoms with Crippen LogP contribution < -0.4 is 9.04 Å². The van der Waals surface area contributed by atoms with Gasteiger partial charge in [0.2, 0.25) is 15.9 Å². The summed E-state index contributed by atoms with van der Waals surface area (Å²) in [5.41, 5.74) is 0.781. The van der Waals surface area contributed by atoms with E-state index in [0.29, 0.717) is 11.7 Å². The van der Waals surface area contributed by atoms with Gasteiger partial charge in [-0.25, -0.2) is 8.42 Å². The third-order valence-electron chi connectivity index (χ3n) is 2.05. The minimum atomic E-state index is -3.29. The summed E-state index contributed by atoms with van der Waals surface area (Å²) in [6, 6.07) is 3.46. The Labute approximate surface area is 89.7 Å². The lowest BCUT2D eigenvalue weighted by Gasteiger charge is -2.17. The van der Waals surface area contributed by atoms with E-state index in [1.807, 2.05) is 0 Å². The van der Waals surface area contributed by atoms with E-state index in [4.69, 9.17) is 4.74 Å². The molecule has 0 saturated heterocycles. The number of ether oxygens (including phenoxy) is 1. The normalized spacial score (nSPS) is 11.2. The molecule has 1 aromatic rings. The molecule has 0 atom stereocenters. The number of methoxy groups -OCH3 is 1. The molecule has 0 saturated carbocycles. The molecule has 0 aliphatic heterocycles. The van der Waals surface area contributed by atoms with Crippen molar-refractivity contribution in [1.82, 2.24) is 4.98 Å². The summed E-state index contributed by atoms with van der Waals surface area (Å²) in [7, 11) is -0.338. The molecule has 0 N–H and O–H groups in total. The highest BCUT2D eigenvalue weighted by Crippen LogP contribution is 2.21. The van der Waals surface area contributed by atoms with Crippen molar-refractivity contribution in [2.45, 2.75) is 6.92 Å². The Morgan fingerprint density at radius 3 is 2.47 bits per heavy atom. The summed E-state index contributed by atoms with van der Waals surface area (Å²) >= 11 is 0. The molecule has 0 radical (unpaired) electrons. The predicted molar refractivity (Wildman–Crippen MR) is 58.8 cm³/mol. The van der Waals surface area contributed by atoms with Crippen molar-refractivity contribution in [1.29, 1.82) is 0 Å². The van der Waals surface area contributed by atoms with E-state index in [-0.39, 0.29) is 0 Å². The van der Waals surface area contributed by atoms with Crippen LogP contribution in [0.2, 0.25) is 0 Å². The van der Waals surface area contributed by atoms with Gasteiger partial charge >= 0.3 is 0 Å². The van der Waals surface area contributed by atoms with Crippen molar-refractivity contribution in [2.75, 3.05) is 24.7 Å². The predicted octanol–water partition coefficient (Wildman–Crippen LogP) is 0.794. The maximum atomic E-state index is 11.3. The van der Waals surface area contributed by atoms with Gasteiger partial charge in [-0.2, -0.15) is 4.98 Å². The summed E-state index contributed by atoms with van der Waals surface area (Å²) in [4.78, 5) is 4.08. The van der Waals surface area contributed by atoms with Crippen molar-refractivity contribution in [2.24, 2.45) is 0 Å². The van der Waals surface area contributed by atoms with Gasteiger partial charge in [0.25, 0.3) is 0 Å². The van der Waals surface area contributed by atoms with Crippen LogP contribution in [0.25, 0.3) is 0 Å². The number of sulfonamides is 1. The van der Waals surface area contributed by atoms with E-state index >= 15 is 0 Å². The second-order valence-electron chi connectivity index (χ2n) is 3.22. The molecular formula is C9H14N2O3S. The van der Waals surface area contributed by atoms with Crippen LogP contribution in [0.3, 0.4) is 0 Å². The second-order valence-corrected chi connectivity index (χ2v) is 5.24. The molecule has 5 nitrogen and oxygen atoms in total. The quantitative estimate of drug-likeness (QED) is 0.770. The van der Waals surface area contributed by atoms with Crippen LogP contribution in [0.4, 0.5) is 5.82 Å². The monoisotopic (exact) mass is 230 g/mol. The van der Waals surface area contributed by atoms with Crippen LogP contribution in [0.15, 0.2) is 12.1 Å². The Kier molecular flexibility index (Phi) is 3.18. The molecule has 0 aliphatic carbocycles. The van der Waals surface area contributed by atoms with Gasteiger partial charge in [-0.1, -0.05) is 6.07 Å². The molecule has 0 unspecified atom stereocenters. The fourth-order valence-corrected chi connectivity index (χ4v) is 1.59. The molecule has 1 aromatic heterocycles. The van der Waals surface area contributed by atoms with Crippen molar-refractivity contribution in [3.05, 3.63) is 17.7 Å². The van der Waals surface area contributed by atoms with E-state index in [0.717, 1.165) is 16.1 Å². The summed E-state index contributed by atoms with van der Waals surface area (Å²) < 4.78 is 28.7. The minimum Gasteiger partial charge on any atom is -0.481 e. The summed E-state index contributed by atoms with van der Waals surface area (Å²) in [5, 5.41) is 0. The molecule has 0 bridgehead atoms. The molecule has 0 aromatic carbocycles. The Morgan fingerprint density at radius 1 is 1.40 bits per heavy atom. The van der Waals surface area contributed by atoms with Gasteiger partial charge in [-0.15, -0.1) is 0 Å². The fourth-order valence-electron chi connectivity index (χ4n) is 1.09. The topological polar surface area (TPSA) is 59.5 Å². The van der Waals surface area contributed by atoms with Crippen LogP contribution in [-0.4, -0.2) is 33.8 Å². The maximum absolute atomic E-state index is 11.3. The summed E-state index contributed by atoms with van der Waals surface area (Å²) in [5.74, 6) is 0.781. The third-order valence-corrected chi connectivity index (χ3v) is 3.22. The summed E-state index contributed by atoms with van der Waals surface area (Å²) in [6.45, 7) is 1.80. The van der Waals surface area contributed by atoms with Gasteiger partial charge in [0.1, 0.15) is 5.82 Å². The Hall–Kier alpha value is -1.30. The minimum absolute atomic E-state index is 0.386. The smallest absolute Gasteiger partial charge is 0.233 e. The van der Waals surface area contributed by atoms with Gasteiger partial charge in [0.05, 0.1) is 13.4 Å². The lowest BCUT2D eigenvalue weighted by Crippen LogP contribution is -2.26. The van der Waals surface area contributed by atoms with Crippen molar-refractivity contribution < 1.29 is 13.2 Å². The Morgan fingerprint density at radius 2 is 2.00 bits per heavy atom. The number of nitrogens with zero attached hydrogens (tertiary/aromatic N) is 2. The number of pyridine rings is 1. The first-order valence-corrected chi connectivity index (χ1v) is 6.16. The zero-order valence-electron chi connectivity index (χ0n) is 9.18. The maximum Gasteiger partial charge on any atom is 0.233 e. The van der Waals surface area contributed by atoms with Crippen molar-refractivity contribution in [3.63, 3.8) is 0 Å². The number of rotatable bonds is 3. The highest BCUT2D eigenvalue weighted by Gasteiger charge is 2.16. The SMILES string of the molecule is COc1ccc(C)c(N(C)S(C)(=O)=O)n1. The molecule has 15 heavy (non-hydrogen) atoms. The van der Waals surface area contributed by atoms with E-state index in [2.05, 4.69) is 4.98 Å². The van der Waals surface area contributed by atoms with Gasteiger partial charge < -0.3 is 4.74 Å². The lowest BCUT2D eigenvalue weighted by atomic mass is 10.3. The zero-order valence-corrected chi connectivity index (χ0v) is 10.00. The summed E-state index contributed by atoms with van der Waals surface area (Å²) in [6.07, 6.45) is 1.13. The number of aromatic nitrogens is 1. The number of hydrogen-bond donors (Lipinski definition) is 0. The standard InChI is InChI=1S/C9H14N2O3S/c1-7-5-6-8(14-3)10-9(7)11(2)15(4,12)13/h5-6H,1-4H3. The number of anilines is 1. The van der Waals surface area contributed by atoms with Crippen LogP contribution in [0, 0.1) is 6.92 Å². The molecule has 0 fully saturated rings. The average Bonchev–Trinajstić information content (AvgIpc) is 2.16. The highest BCUT2D eigenvalue weighted by atomic mass is 32.2. The first-order valence-electron chi connectivity index (χ1n) is 4.32. The van der Waals surface area contributed by atoms with E-state index < -0.39 is 10.0 Å². The first kappa shape index (κ1) is 11.8. The largest absolute Gasteiger partial charge is 0.481 e. The van der Waals surface area contributed by atoms with Crippen LogP contribution in [0.5, 0.6) is 5.88 Å². The van der Waals surface area contributed by atoms with Gasteiger partial charge in [0, 0.05) is 13.1 Å². The molecule has 0 amide bonds. The van der Waals surface area contributed by atoms with Crippen LogP contribution >= 0.6 is 0 Å². The number of hydrogen-bond acceptors (Lipinski definition) is 4. The molecule has 84 valence electrons. The highest BCUT2D eigenvalue weighted by molar-refractivity contribution is 7.92. The van der Waals surface area contributed by atoms with Gasteiger partial charge in [-0.05, 0) is 12.5 Å². The third kappa shape index (κ3) is 2.59. The van der Waals surface area contributed by atoms with Gasteiger partial charge in [-0.3, -0.25) is 4.31 Å². The second kappa shape index (κ2) is 4.06. The molecular weight excluding hydrogens is 216 g/mol. The number of aryl methyl sites for hydroxylation is 1. The molecule has 1 heterocycles. The van der Waals surface area contributed by atoms with Crippen LogP contribution in [0.1, 0.15) is 5.56 Å². The average molecular weight is 230 g/mol.